The van der Waals surface area contributed by atoms with Crippen LogP contribution in [0.25, 0.3) is 22.1 Å². The number of fused-ring (bicyclic) bond motifs is 1. The molecule has 7 heteroatoms. The molecule has 0 aliphatic heterocycles. The summed E-state index contributed by atoms with van der Waals surface area (Å²) < 4.78 is 45.3. The third kappa shape index (κ3) is 2.63. The van der Waals surface area contributed by atoms with Crippen molar-refractivity contribution in [3.63, 3.8) is 0 Å². The molecule has 0 aliphatic rings. The lowest BCUT2D eigenvalue weighted by atomic mass is 10.0. The van der Waals surface area contributed by atoms with Crippen molar-refractivity contribution in [2.45, 2.75) is 13.1 Å². The first-order valence-electron chi connectivity index (χ1n) is 6.82. The molecular formula is C17H10ClF3O3. The van der Waals surface area contributed by atoms with Crippen LogP contribution in [0.3, 0.4) is 0 Å². The molecule has 0 saturated carbocycles. The Labute approximate surface area is 138 Å². The van der Waals surface area contributed by atoms with Gasteiger partial charge in [0.15, 0.2) is 0 Å². The smallest absolute Gasteiger partial charge is 0.450 e. The van der Waals surface area contributed by atoms with Crippen LogP contribution in [-0.2, 0) is 6.18 Å². The summed E-state index contributed by atoms with van der Waals surface area (Å²) in [6, 6.07) is 7.91. The van der Waals surface area contributed by atoms with Gasteiger partial charge in [-0.1, -0.05) is 23.7 Å². The molecule has 124 valence electrons. The van der Waals surface area contributed by atoms with Gasteiger partial charge in [0.2, 0.25) is 11.2 Å². The zero-order valence-electron chi connectivity index (χ0n) is 12.2. The second kappa shape index (κ2) is 5.56. The molecule has 0 radical (unpaired) electrons. The van der Waals surface area contributed by atoms with Gasteiger partial charge in [0.1, 0.15) is 11.3 Å². The van der Waals surface area contributed by atoms with Crippen LogP contribution >= 0.6 is 11.6 Å². The van der Waals surface area contributed by atoms with Gasteiger partial charge in [-0.2, -0.15) is 13.2 Å². The number of hydrogen-bond donors (Lipinski definition) is 1. The minimum absolute atomic E-state index is 0.0387. The minimum Gasteiger partial charge on any atom is -0.508 e. The SMILES string of the molecule is Cc1c(O)ccc2c(=O)c(-c3ccc(Cl)cc3)c(C(F)(F)F)oc12. The molecule has 0 amide bonds. The Hall–Kier alpha value is -2.47. The third-order valence-corrected chi connectivity index (χ3v) is 3.92. The number of halogens is 4. The maximum atomic E-state index is 13.4. The Morgan fingerprint density at radius 2 is 1.71 bits per heavy atom. The fraction of sp³-hybridized carbons (Fsp3) is 0.118. The first-order valence-corrected chi connectivity index (χ1v) is 7.20. The van der Waals surface area contributed by atoms with Crippen molar-refractivity contribution in [1.29, 1.82) is 0 Å². The van der Waals surface area contributed by atoms with E-state index in [1.807, 2.05) is 0 Å². The van der Waals surface area contributed by atoms with E-state index in [1.165, 1.54) is 43.3 Å². The molecule has 0 unspecified atom stereocenters. The molecule has 1 heterocycles. The highest BCUT2D eigenvalue weighted by atomic mass is 35.5. The summed E-state index contributed by atoms with van der Waals surface area (Å²) in [5.41, 5.74) is -1.58. The van der Waals surface area contributed by atoms with E-state index in [0.29, 0.717) is 5.02 Å². The molecule has 0 atom stereocenters. The molecule has 0 bridgehead atoms. The first-order chi connectivity index (χ1) is 11.2. The highest BCUT2D eigenvalue weighted by molar-refractivity contribution is 6.30. The summed E-state index contributed by atoms with van der Waals surface area (Å²) in [5, 5.41) is 9.95. The number of alkyl halides is 3. The van der Waals surface area contributed by atoms with Crippen LogP contribution in [0, 0.1) is 6.92 Å². The topological polar surface area (TPSA) is 50.4 Å². The van der Waals surface area contributed by atoms with Gasteiger partial charge >= 0.3 is 6.18 Å². The van der Waals surface area contributed by atoms with Gasteiger partial charge in [-0.15, -0.1) is 0 Å². The summed E-state index contributed by atoms with van der Waals surface area (Å²) in [6.45, 7) is 1.38. The summed E-state index contributed by atoms with van der Waals surface area (Å²) >= 11 is 5.75. The Bertz CT molecular complexity index is 989. The molecule has 3 aromatic rings. The quantitative estimate of drug-likeness (QED) is 0.657. The number of aryl methyl sites for hydroxylation is 1. The van der Waals surface area contributed by atoms with E-state index in [0.717, 1.165) is 0 Å². The van der Waals surface area contributed by atoms with E-state index in [-0.39, 0.29) is 27.8 Å². The summed E-state index contributed by atoms with van der Waals surface area (Å²) in [7, 11) is 0. The molecule has 1 aromatic heterocycles. The van der Waals surface area contributed by atoms with Crippen LogP contribution in [0.4, 0.5) is 13.2 Å². The molecule has 2 aromatic carbocycles. The van der Waals surface area contributed by atoms with Gasteiger partial charge in [0.05, 0.1) is 10.9 Å². The van der Waals surface area contributed by atoms with Crippen molar-refractivity contribution in [1.82, 2.24) is 0 Å². The van der Waals surface area contributed by atoms with Crippen LogP contribution in [0.15, 0.2) is 45.6 Å². The van der Waals surface area contributed by atoms with Crippen LogP contribution in [0.1, 0.15) is 11.3 Å². The highest BCUT2D eigenvalue weighted by Gasteiger charge is 2.39. The second-order valence-corrected chi connectivity index (χ2v) is 5.66. The maximum absolute atomic E-state index is 13.4. The average molecular weight is 355 g/mol. The van der Waals surface area contributed by atoms with Gasteiger partial charge in [0, 0.05) is 10.6 Å². The van der Waals surface area contributed by atoms with E-state index in [1.54, 1.807) is 0 Å². The van der Waals surface area contributed by atoms with Gasteiger partial charge in [0.25, 0.3) is 0 Å². The predicted octanol–water partition coefficient (Wildman–Crippen LogP) is 5.15. The molecule has 1 N–H and O–H groups in total. The lowest BCUT2D eigenvalue weighted by molar-refractivity contribution is -0.152. The molecular weight excluding hydrogens is 345 g/mol. The van der Waals surface area contributed by atoms with E-state index in [2.05, 4.69) is 0 Å². The molecule has 24 heavy (non-hydrogen) atoms. The molecule has 3 rings (SSSR count). The van der Waals surface area contributed by atoms with Gasteiger partial charge in [-0.25, -0.2) is 0 Å². The van der Waals surface area contributed by atoms with Crippen molar-refractivity contribution in [3.8, 4) is 16.9 Å². The van der Waals surface area contributed by atoms with Crippen molar-refractivity contribution < 1.29 is 22.7 Å². The number of phenolic OH excluding ortho intramolecular Hbond substituents is 1. The second-order valence-electron chi connectivity index (χ2n) is 5.23. The van der Waals surface area contributed by atoms with Gasteiger partial charge in [-0.3, -0.25) is 4.79 Å². The standard InChI is InChI=1S/C17H10ClF3O3/c1-8-12(22)7-6-11-14(23)13(9-2-4-10(18)5-3-9)16(17(19,20)21)24-15(8)11/h2-7,22H,1H3. The lowest BCUT2D eigenvalue weighted by Crippen LogP contribution is -2.16. The zero-order valence-corrected chi connectivity index (χ0v) is 13.0. The minimum atomic E-state index is -4.87. The maximum Gasteiger partial charge on any atom is 0.450 e. The molecule has 0 fully saturated rings. The number of rotatable bonds is 1. The van der Waals surface area contributed by atoms with E-state index in [4.69, 9.17) is 16.0 Å². The Kier molecular flexibility index (Phi) is 3.80. The summed E-state index contributed by atoms with van der Waals surface area (Å²) in [5.74, 6) is -1.66. The Balaban J connectivity index is 2.48. The van der Waals surface area contributed by atoms with Crippen molar-refractivity contribution >= 4 is 22.6 Å². The first kappa shape index (κ1) is 16.4. The number of phenols is 1. The molecule has 0 aliphatic carbocycles. The van der Waals surface area contributed by atoms with Crippen LogP contribution in [-0.4, -0.2) is 5.11 Å². The fourth-order valence-corrected chi connectivity index (χ4v) is 2.59. The monoisotopic (exact) mass is 354 g/mol. The number of hydrogen-bond acceptors (Lipinski definition) is 3. The Morgan fingerprint density at radius 3 is 2.29 bits per heavy atom. The van der Waals surface area contributed by atoms with Crippen molar-refractivity contribution in [2.24, 2.45) is 0 Å². The van der Waals surface area contributed by atoms with E-state index in [9.17, 15) is 23.1 Å². The van der Waals surface area contributed by atoms with E-state index >= 15 is 0 Å². The largest absolute Gasteiger partial charge is 0.508 e. The van der Waals surface area contributed by atoms with Crippen LogP contribution in [0.5, 0.6) is 5.75 Å². The zero-order chi connectivity index (χ0) is 17.6. The third-order valence-electron chi connectivity index (χ3n) is 3.67. The van der Waals surface area contributed by atoms with Crippen molar-refractivity contribution in [2.75, 3.05) is 0 Å². The van der Waals surface area contributed by atoms with E-state index < -0.39 is 22.9 Å². The summed E-state index contributed by atoms with van der Waals surface area (Å²) in [6.07, 6.45) is -4.87. The number of aromatic hydroxyl groups is 1. The molecule has 3 nitrogen and oxygen atoms in total. The fourth-order valence-electron chi connectivity index (χ4n) is 2.46. The number of benzene rings is 2. The average Bonchev–Trinajstić information content (AvgIpc) is 2.51. The lowest BCUT2D eigenvalue weighted by Gasteiger charge is -2.14. The Morgan fingerprint density at radius 1 is 1.08 bits per heavy atom. The molecule has 0 saturated heterocycles. The predicted molar refractivity (Wildman–Crippen MR) is 84.3 cm³/mol. The highest BCUT2D eigenvalue weighted by Crippen LogP contribution is 2.38. The van der Waals surface area contributed by atoms with Crippen molar-refractivity contribution in [3.05, 3.63) is 63.0 Å². The van der Waals surface area contributed by atoms with Crippen LogP contribution < -0.4 is 5.43 Å². The van der Waals surface area contributed by atoms with Gasteiger partial charge < -0.3 is 9.52 Å². The normalized spacial score (nSPS) is 11.9. The van der Waals surface area contributed by atoms with Crippen LogP contribution in [0.2, 0.25) is 5.02 Å². The summed E-state index contributed by atoms with van der Waals surface area (Å²) in [4.78, 5) is 12.7. The molecule has 0 spiro atoms. The van der Waals surface area contributed by atoms with Gasteiger partial charge in [-0.05, 0) is 36.8 Å².